The van der Waals surface area contributed by atoms with Crippen molar-refractivity contribution >= 4 is 17.8 Å². The van der Waals surface area contributed by atoms with Crippen molar-refractivity contribution in [3.05, 3.63) is 58.9 Å². The third kappa shape index (κ3) is 3.03. The van der Waals surface area contributed by atoms with E-state index < -0.39 is 0 Å². The number of hydrogen-bond acceptors (Lipinski definition) is 6. The Labute approximate surface area is 139 Å². The van der Waals surface area contributed by atoms with Crippen molar-refractivity contribution in [1.82, 2.24) is 10.5 Å². The Balaban J connectivity index is 2.16. The number of hydrazine groups is 1. The molecule has 6 nitrogen and oxygen atoms in total. The lowest BCUT2D eigenvalue weighted by molar-refractivity contribution is 0.601. The molecule has 0 radical (unpaired) electrons. The van der Waals surface area contributed by atoms with E-state index in [1.54, 1.807) is 0 Å². The molecule has 1 atom stereocenters. The normalized spacial score (nSPS) is 17.7. The highest BCUT2D eigenvalue weighted by molar-refractivity contribution is 7.97. The molecule has 120 valence electrons. The second-order valence-corrected chi connectivity index (χ2v) is 6.12. The minimum Gasteiger partial charge on any atom is -0.382 e. The zero-order valence-electron chi connectivity index (χ0n) is 12.7. The number of hydrazone groups is 1. The molecule has 0 aliphatic heterocycles. The first-order valence-electron chi connectivity index (χ1n) is 7.48. The maximum absolute atomic E-state index is 6.13. The first-order chi connectivity index (χ1) is 11.3. The monoisotopic (exact) mass is 328 g/mol. The zero-order chi connectivity index (χ0) is 16.2. The lowest BCUT2D eigenvalue weighted by Crippen LogP contribution is -2.26. The minimum absolute atomic E-state index is 0.237. The average Bonchev–Trinajstić information content (AvgIpc) is 2.60. The second-order valence-electron chi connectivity index (χ2n) is 5.45. The minimum atomic E-state index is 0.237. The summed E-state index contributed by atoms with van der Waals surface area (Å²) >= 11 is 1.16. The summed E-state index contributed by atoms with van der Waals surface area (Å²) in [5.41, 5.74) is 12.8. The molecule has 0 amide bonds. The number of nitrogens with zero attached hydrogens (tertiary/aromatic N) is 2. The fourth-order valence-corrected chi connectivity index (χ4v) is 3.76. The molecule has 0 saturated carbocycles. The van der Waals surface area contributed by atoms with Crippen LogP contribution in [0.25, 0.3) is 0 Å². The van der Waals surface area contributed by atoms with Crippen LogP contribution in [0.2, 0.25) is 0 Å². The lowest BCUT2D eigenvalue weighted by Gasteiger charge is -2.27. The summed E-state index contributed by atoms with van der Waals surface area (Å²) < 4.78 is 0. The first-order valence-corrected chi connectivity index (χ1v) is 8.36. The van der Waals surface area contributed by atoms with Gasteiger partial charge in [0.25, 0.3) is 0 Å². The molecule has 1 aliphatic rings. The van der Waals surface area contributed by atoms with E-state index in [1.807, 2.05) is 24.4 Å². The van der Waals surface area contributed by atoms with Crippen molar-refractivity contribution in [2.45, 2.75) is 30.1 Å². The van der Waals surface area contributed by atoms with E-state index in [2.05, 4.69) is 27.8 Å². The van der Waals surface area contributed by atoms with Crippen molar-refractivity contribution < 1.29 is 0 Å². The van der Waals surface area contributed by atoms with Crippen LogP contribution in [-0.2, 0) is 6.42 Å². The van der Waals surface area contributed by atoms with Gasteiger partial charge in [-0.05, 0) is 54.5 Å². The van der Waals surface area contributed by atoms with E-state index in [4.69, 9.17) is 16.7 Å². The first kappa shape index (κ1) is 15.8. The van der Waals surface area contributed by atoms with Crippen molar-refractivity contribution in [3.63, 3.8) is 0 Å². The van der Waals surface area contributed by atoms with Gasteiger partial charge in [0, 0.05) is 28.3 Å². The summed E-state index contributed by atoms with van der Waals surface area (Å²) in [6.07, 6.45) is 5.01. The molecule has 23 heavy (non-hydrogen) atoms. The molecule has 1 heterocycles. The summed E-state index contributed by atoms with van der Waals surface area (Å²) in [5.74, 6) is 5.87. The highest BCUT2D eigenvalue weighted by atomic mass is 32.2. The molecule has 1 aromatic heterocycles. The molecular weight excluding hydrogens is 308 g/mol. The Morgan fingerprint density at radius 3 is 2.87 bits per heavy atom. The Morgan fingerprint density at radius 1 is 1.26 bits per heavy atom. The summed E-state index contributed by atoms with van der Waals surface area (Å²) in [4.78, 5) is 5.41. The topological polar surface area (TPSA) is 115 Å². The van der Waals surface area contributed by atoms with Crippen LogP contribution < -0.4 is 22.3 Å². The second kappa shape index (κ2) is 6.99. The van der Waals surface area contributed by atoms with Crippen LogP contribution in [0.1, 0.15) is 41.1 Å². The van der Waals surface area contributed by atoms with E-state index in [0.29, 0.717) is 5.84 Å². The Hall–Kier alpha value is -2.09. The number of amidine groups is 1. The van der Waals surface area contributed by atoms with E-state index in [1.165, 1.54) is 5.56 Å². The van der Waals surface area contributed by atoms with Gasteiger partial charge in [-0.15, -0.1) is 5.10 Å². The molecule has 0 spiro atoms. The van der Waals surface area contributed by atoms with Crippen LogP contribution >= 0.6 is 11.9 Å². The van der Waals surface area contributed by atoms with Gasteiger partial charge < -0.3 is 5.73 Å². The standard InChI is InChI=1S/C16H20N6S/c17-16(21-22-18)15-12(5-2-8-14(15)23-19)10-4-1-7-13-11(10)6-3-9-20-13/h2-3,5-6,8-10,22H,1,4,7,18-19H2,(H2,17,21). The third-order valence-corrected chi connectivity index (χ3v) is 4.80. The van der Waals surface area contributed by atoms with Gasteiger partial charge in [0.2, 0.25) is 0 Å². The van der Waals surface area contributed by atoms with Crippen LogP contribution in [0.4, 0.5) is 0 Å². The SMILES string of the molecule is NN/N=C(\N)c1c(SN)cccc1C1CCCc2ncccc21. The molecule has 0 saturated heterocycles. The van der Waals surface area contributed by atoms with Gasteiger partial charge in [-0.3, -0.25) is 10.1 Å². The fourth-order valence-electron chi connectivity index (χ4n) is 3.27. The number of fused-ring (bicyclic) bond motifs is 1. The number of benzene rings is 1. The lowest BCUT2D eigenvalue weighted by atomic mass is 9.79. The molecule has 2 aromatic rings. The fraction of sp³-hybridized carbons (Fsp3) is 0.250. The predicted molar refractivity (Wildman–Crippen MR) is 93.6 cm³/mol. The summed E-state index contributed by atoms with van der Waals surface area (Å²) in [6.45, 7) is 0. The number of pyridine rings is 1. The van der Waals surface area contributed by atoms with Gasteiger partial charge in [-0.2, -0.15) is 0 Å². The van der Waals surface area contributed by atoms with E-state index >= 15 is 0 Å². The van der Waals surface area contributed by atoms with E-state index in [9.17, 15) is 0 Å². The van der Waals surface area contributed by atoms with E-state index in [-0.39, 0.29) is 5.92 Å². The van der Waals surface area contributed by atoms with Gasteiger partial charge in [0.15, 0.2) is 5.84 Å². The van der Waals surface area contributed by atoms with Gasteiger partial charge >= 0.3 is 0 Å². The number of aromatic nitrogens is 1. The third-order valence-electron chi connectivity index (χ3n) is 4.21. The van der Waals surface area contributed by atoms with Gasteiger partial charge in [-0.1, -0.05) is 18.2 Å². The molecule has 0 bridgehead atoms. The van der Waals surface area contributed by atoms with Crippen LogP contribution in [0.3, 0.4) is 0 Å². The van der Waals surface area contributed by atoms with Gasteiger partial charge in [0.1, 0.15) is 0 Å². The summed E-state index contributed by atoms with van der Waals surface area (Å²) in [7, 11) is 0. The van der Waals surface area contributed by atoms with Crippen LogP contribution in [0.15, 0.2) is 46.5 Å². The average molecular weight is 328 g/mol. The Morgan fingerprint density at radius 2 is 2.09 bits per heavy atom. The van der Waals surface area contributed by atoms with Gasteiger partial charge in [0.05, 0.1) is 0 Å². The predicted octanol–water partition coefficient (Wildman–Crippen LogP) is 1.60. The number of nitrogens with two attached hydrogens (primary N) is 3. The van der Waals surface area contributed by atoms with Crippen molar-refractivity contribution in [1.29, 1.82) is 0 Å². The number of rotatable bonds is 4. The van der Waals surface area contributed by atoms with Crippen molar-refractivity contribution in [2.75, 3.05) is 0 Å². The number of aryl methyl sites for hydroxylation is 1. The summed E-state index contributed by atoms with van der Waals surface area (Å²) in [5, 5.41) is 9.77. The quantitative estimate of drug-likeness (QED) is 0.223. The number of hydrogen-bond donors (Lipinski definition) is 4. The van der Waals surface area contributed by atoms with Gasteiger partial charge in [-0.25, -0.2) is 11.4 Å². The maximum atomic E-state index is 6.13. The highest BCUT2D eigenvalue weighted by Gasteiger charge is 2.26. The zero-order valence-corrected chi connectivity index (χ0v) is 13.5. The smallest absolute Gasteiger partial charge is 0.153 e. The van der Waals surface area contributed by atoms with E-state index in [0.717, 1.165) is 52.9 Å². The molecule has 1 unspecified atom stereocenters. The Kier molecular flexibility index (Phi) is 4.80. The highest BCUT2D eigenvalue weighted by Crippen LogP contribution is 2.38. The van der Waals surface area contributed by atoms with Crippen LogP contribution in [-0.4, -0.2) is 10.8 Å². The van der Waals surface area contributed by atoms with Crippen LogP contribution in [0, 0.1) is 0 Å². The largest absolute Gasteiger partial charge is 0.382 e. The van der Waals surface area contributed by atoms with Crippen LogP contribution in [0.5, 0.6) is 0 Å². The number of nitrogens with one attached hydrogen (secondary N) is 1. The molecule has 1 aliphatic carbocycles. The Bertz CT molecular complexity index is 730. The summed E-state index contributed by atoms with van der Waals surface area (Å²) in [6, 6.07) is 10.2. The molecule has 3 rings (SSSR count). The van der Waals surface area contributed by atoms with Crippen molar-refractivity contribution in [3.8, 4) is 0 Å². The van der Waals surface area contributed by atoms with Crippen molar-refractivity contribution in [2.24, 2.45) is 21.8 Å². The molecule has 0 fully saturated rings. The molecule has 1 aromatic carbocycles. The maximum Gasteiger partial charge on any atom is 0.153 e. The molecule has 7 heteroatoms. The molecular formula is C16H20N6S. The molecule has 7 N–H and O–H groups in total.